The Hall–Kier alpha value is -1.15. The molecule has 1 heterocycles. The van der Waals surface area contributed by atoms with E-state index >= 15 is 0 Å². The number of nitrogens with two attached hydrogens (primary N) is 1. The molecule has 1 fully saturated rings. The fourth-order valence-electron chi connectivity index (χ4n) is 2.63. The number of carbonyl (C=O) groups excluding carboxylic acids is 1. The predicted octanol–water partition coefficient (Wildman–Crippen LogP) is 1.14. The lowest BCUT2D eigenvalue weighted by atomic mass is 9.92. The fourth-order valence-corrected chi connectivity index (χ4v) is 3.96. The van der Waals surface area contributed by atoms with E-state index in [0.29, 0.717) is 31.1 Å². The molecule has 6 nitrogen and oxygen atoms in total. The standard InChI is InChI=1S/C16H24N2O4S.ClH/c17-15(13-7-10-22-11-8-13)16(19)18-9-4-12-23(20,21)14-5-2-1-3-6-14;/h1-3,5-6,13,15H,4,7-12,17H2,(H,18,19);1H. The van der Waals surface area contributed by atoms with Crippen LogP contribution in [0.5, 0.6) is 0 Å². The van der Waals surface area contributed by atoms with Gasteiger partial charge in [0.1, 0.15) is 0 Å². The van der Waals surface area contributed by atoms with Gasteiger partial charge in [0.25, 0.3) is 0 Å². The molecule has 136 valence electrons. The number of ether oxygens (including phenoxy) is 1. The largest absolute Gasteiger partial charge is 0.381 e. The molecule has 1 aliphatic heterocycles. The van der Waals surface area contributed by atoms with Crippen LogP contribution in [-0.4, -0.2) is 45.9 Å². The number of carbonyl (C=O) groups is 1. The van der Waals surface area contributed by atoms with E-state index in [2.05, 4.69) is 5.32 Å². The highest BCUT2D eigenvalue weighted by Gasteiger charge is 2.26. The average molecular weight is 377 g/mol. The van der Waals surface area contributed by atoms with Gasteiger partial charge in [0.2, 0.25) is 5.91 Å². The van der Waals surface area contributed by atoms with Gasteiger partial charge in [0.15, 0.2) is 9.84 Å². The summed E-state index contributed by atoms with van der Waals surface area (Å²) in [7, 11) is -3.30. The van der Waals surface area contributed by atoms with Crippen LogP contribution in [0, 0.1) is 5.92 Å². The molecule has 3 N–H and O–H groups in total. The molecule has 1 aromatic rings. The molecular weight excluding hydrogens is 352 g/mol. The molecule has 24 heavy (non-hydrogen) atoms. The number of hydrogen-bond acceptors (Lipinski definition) is 5. The number of nitrogens with one attached hydrogen (secondary N) is 1. The predicted molar refractivity (Wildman–Crippen MR) is 94.9 cm³/mol. The quantitative estimate of drug-likeness (QED) is 0.695. The fraction of sp³-hybridized carbons (Fsp3) is 0.562. The number of hydrogen-bond donors (Lipinski definition) is 2. The van der Waals surface area contributed by atoms with Crippen LogP contribution in [0.2, 0.25) is 0 Å². The molecule has 8 heteroatoms. The van der Waals surface area contributed by atoms with E-state index in [4.69, 9.17) is 10.5 Å². The van der Waals surface area contributed by atoms with Crippen LogP contribution < -0.4 is 11.1 Å². The van der Waals surface area contributed by atoms with Crippen LogP contribution in [0.4, 0.5) is 0 Å². The van der Waals surface area contributed by atoms with Crippen molar-refractivity contribution >= 4 is 28.2 Å². The molecule has 0 aromatic heterocycles. The van der Waals surface area contributed by atoms with E-state index in [1.807, 2.05) is 0 Å². The van der Waals surface area contributed by atoms with Gasteiger partial charge >= 0.3 is 0 Å². The molecule has 1 atom stereocenters. The second kappa shape index (κ2) is 9.98. The number of amides is 1. The summed E-state index contributed by atoms with van der Waals surface area (Å²) in [5.74, 6) is -0.0742. The molecule has 0 saturated carbocycles. The normalized spacial score (nSPS) is 16.9. The van der Waals surface area contributed by atoms with E-state index in [1.165, 1.54) is 0 Å². The van der Waals surface area contributed by atoms with Crippen LogP contribution >= 0.6 is 12.4 Å². The lowest BCUT2D eigenvalue weighted by Gasteiger charge is -2.26. The maximum Gasteiger partial charge on any atom is 0.237 e. The summed E-state index contributed by atoms with van der Waals surface area (Å²) in [6.07, 6.45) is 1.94. The van der Waals surface area contributed by atoms with Gasteiger partial charge in [-0.25, -0.2) is 8.42 Å². The van der Waals surface area contributed by atoms with Gasteiger partial charge in [0.05, 0.1) is 16.7 Å². The van der Waals surface area contributed by atoms with Crippen LogP contribution in [-0.2, 0) is 19.4 Å². The zero-order chi connectivity index (χ0) is 16.7. The van der Waals surface area contributed by atoms with Gasteiger partial charge in [-0.1, -0.05) is 18.2 Å². The number of sulfone groups is 1. The highest BCUT2D eigenvalue weighted by molar-refractivity contribution is 7.91. The third kappa shape index (κ3) is 6.05. The molecular formula is C16H25ClN2O4S. The lowest BCUT2D eigenvalue weighted by Crippen LogP contribution is -2.47. The molecule has 2 rings (SSSR count). The van der Waals surface area contributed by atoms with E-state index in [-0.39, 0.29) is 30.0 Å². The van der Waals surface area contributed by atoms with Crippen LogP contribution in [0.3, 0.4) is 0 Å². The summed E-state index contributed by atoms with van der Waals surface area (Å²) >= 11 is 0. The van der Waals surface area contributed by atoms with Crippen molar-refractivity contribution in [2.45, 2.75) is 30.2 Å². The summed E-state index contributed by atoms with van der Waals surface area (Å²) in [6.45, 7) is 1.59. The molecule has 0 bridgehead atoms. The maximum absolute atomic E-state index is 12.1. The van der Waals surface area contributed by atoms with Gasteiger partial charge < -0.3 is 15.8 Å². The van der Waals surface area contributed by atoms with E-state index in [1.54, 1.807) is 30.3 Å². The maximum atomic E-state index is 12.1. The van der Waals surface area contributed by atoms with Crippen LogP contribution in [0.15, 0.2) is 35.2 Å². The number of benzene rings is 1. The Morgan fingerprint density at radius 2 is 1.88 bits per heavy atom. The molecule has 0 aliphatic carbocycles. The molecule has 1 saturated heterocycles. The molecule has 0 radical (unpaired) electrons. The lowest BCUT2D eigenvalue weighted by molar-refractivity contribution is -0.124. The van der Waals surface area contributed by atoms with E-state index in [0.717, 1.165) is 12.8 Å². The third-order valence-electron chi connectivity index (χ3n) is 4.07. The highest BCUT2D eigenvalue weighted by Crippen LogP contribution is 2.17. The Morgan fingerprint density at radius 3 is 2.50 bits per heavy atom. The topological polar surface area (TPSA) is 98.5 Å². The Morgan fingerprint density at radius 1 is 1.25 bits per heavy atom. The first-order chi connectivity index (χ1) is 11.0. The zero-order valence-corrected chi connectivity index (χ0v) is 15.2. The summed E-state index contributed by atoms with van der Waals surface area (Å²) < 4.78 is 29.5. The Kier molecular flexibility index (Phi) is 8.69. The molecule has 1 unspecified atom stereocenters. The molecule has 1 amide bonds. The third-order valence-corrected chi connectivity index (χ3v) is 5.88. The summed E-state index contributed by atoms with van der Waals surface area (Å²) in [5.41, 5.74) is 5.97. The van der Waals surface area contributed by atoms with Gasteiger partial charge in [-0.3, -0.25) is 4.79 Å². The Balaban J connectivity index is 0.00000288. The van der Waals surface area contributed by atoms with Crippen molar-refractivity contribution in [2.75, 3.05) is 25.5 Å². The minimum absolute atomic E-state index is 0. The summed E-state index contributed by atoms with van der Waals surface area (Å²) in [5, 5.41) is 2.73. The monoisotopic (exact) mass is 376 g/mol. The van der Waals surface area contributed by atoms with E-state index < -0.39 is 15.9 Å². The molecule has 1 aliphatic rings. The number of rotatable bonds is 7. The van der Waals surface area contributed by atoms with Crippen LogP contribution in [0.25, 0.3) is 0 Å². The first kappa shape index (κ1) is 20.9. The Bertz CT molecular complexity index is 604. The minimum atomic E-state index is -3.30. The average Bonchev–Trinajstić information content (AvgIpc) is 2.59. The second-order valence-corrected chi connectivity index (χ2v) is 7.86. The molecule has 0 spiro atoms. The Labute approximate surface area is 149 Å². The van der Waals surface area contributed by atoms with Crippen molar-refractivity contribution < 1.29 is 17.9 Å². The van der Waals surface area contributed by atoms with Gasteiger partial charge in [-0.05, 0) is 37.3 Å². The van der Waals surface area contributed by atoms with Crippen molar-refractivity contribution in [1.29, 1.82) is 0 Å². The SMILES string of the molecule is Cl.NC(C(=O)NCCCS(=O)(=O)c1ccccc1)C1CCOCC1. The first-order valence-electron chi connectivity index (χ1n) is 7.89. The van der Waals surface area contributed by atoms with Crippen molar-refractivity contribution in [3.05, 3.63) is 30.3 Å². The van der Waals surface area contributed by atoms with Crippen LogP contribution in [0.1, 0.15) is 19.3 Å². The minimum Gasteiger partial charge on any atom is -0.381 e. The van der Waals surface area contributed by atoms with Crippen molar-refractivity contribution in [1.82, 2.24) is 5.32 Å². The van der Waals surface area contributed by atoms with Gasteiger partial charge in [-0.15, -0.1) is 12.4 Å². The van der Waals surface area contributed by atoms with Crippen molar-refractivity contribution in [3.8, 4) is 0 Å². The highest BCUT2D eigenvalue weighted by atomic mass is 35.5. The smallest absolute Gasteiger partial charge is 0.237 e. The molecule has 1 aromatic carbocycles. The second-order valence-electron chi connectivity index (χ2n) is 5.75. The summed E-state index contributed by atoms with van der Waals surface area (Å²) in [4.78, 5) is 12.3. The van der Waals surface area contributed by atoms with Crippen molar-refractivity contribution in [3.63, 3.8) is 0 Å². The van der Waals surface area contributed by atoms with Gasteiger partial charge in [0, 0.05) is 19.8 Å². The van der Waals surface area contributed by atoms with Gasteiger partial charge in [-0.2, -0.15) is 0 Å². The number of halogens is 1. The van der Waals surface area contributed by atoms with E-state index in [9.17, 15) is 13.2 Å². The van der Waals surface area contributed by atoms with Crippen molar-refractivity contribution in [2.24, 2.45) is 11.7 Å². The summed E-state index contributed by atoms with van der Waals surface area (Å²) in [6, 6.07) is 7.77. The first-order valence-corrected chi connectivity index (χ1v) is 9.55. The zero-order valence-electron chi connectivity index (χ0n) is 13.5.